The number of phenols is 4. The van der Waals surface area contributed by atoms with E-state index in [9.17, 15) is 25.2 Å². The third kappa shape index (κ3) is 2.30. The Morgan fingerprint density at radius 2 is 1.53 bits per heavy atom. The van der Waals surface area contributed by atoms with E-state index in [1.165, 1.54) is 12.1 Å². The number of aromatic hydroxyl groups is 4. The molecule has 0 atom stereocenters. The molecule has 0 aliphatic heterocycles. The summed E-state index contributed by atoms with van der Waals surface area (Å²) in [5.41, 5.74) is 0.917. The first-order valence-electron chi connectivity index (χ1n) is 5.49. The minimum absolute atomic E-state index is 0.0153. The molecule has 19 heavy (non-hydrogen) atoms. The fourth-order valence-electron chi connectivity index (χ4n) is 1.75. The molecule has 0 aromatic heterocycles. The zero-order valence-corrected chi connectivity index (χ0v) is 10.1. The predicted octanol–water partition coefficient (Wildman–Crippen LogP) is 2.05. The second kappa shape index (κ2) is 4.53. The third-order valence-corrected chi connectivity index (χ3v) is 2.80. The highest BCUT2D eigenvalue weighted by atomic mass is 16.3. The van der Waals surface area contributed by atoms with Crippen LogP contribution in [-0.4, -0.2) is 26.2 Å². The molecule has 5 nitrogen and oxygen atoms in total. The smallest absolute Gasteiger partial charge is 0.200 e. The molecule has 0 bridgehead atoms. The molecule has 0 spiro atoms. The molecular weight excluding hydrogens is 248 g/mol. The Hall–Kier alpha value is -2.69. The van der Waals surface area contributed by atoms with Crippen molar-refractivity contribution in [2.45, 2.75) is 6.92 Å². The van der Waals surface area contributed by atoms with Crippen LogP contribution in [0.15, 0.2) is 30.3 Å². The van der Waals surface area contributed by atoms with E-state index in [1.54, 1.807) is 13.0 Å². The summed E-state index contributed by atoms with van der Waals surface area (Å²) in [7, 11) is 0. The average molecular weight is 260 g/mol. The Morgan fingerprint density at radius 1 is 0.947 bits per heavy atom. The molecule has 5 heteroatoms. The van der Waals surface area contributed by atoms with Gasteiger partial charge in [-0.15, -0.1) is 0 Å². The van der Waals surface area contributed by atoms with Gasteiger partial charge in [-0.25, -0.2) is 0 Å². The maximum absolute atomic E-state index is 12.2. The summed E-state index contributed by atoms with van der Waals surface area (Å²) in [6.45, 7) is 1.70. The Labute approximate surface area is 109 Å². The molecule has 0 saturated heterocycles. The van der Waals surface area contributed by atoms with Crippen LogP contribution >= 0.6 is 0 Å². The van der Waals surface area contributed by atoms with Gasteiger partial charge in [0.25, 0.3) is 0 Å². The van der Waals surface area contributed by atoms with Crippen LogP contribution in [0, 0.1) is 6.92 Å². The lowest BCUT2D eigenvalue weighted by Crippen LogP contribution is -2.03. The predicted molar refractivity (Wildman–Crippen MR) is 67.7 cm³/mol. The van der Waals surface area contributed by atoms with Crippen molar-refractivity contribution in [2.24, 2.45) is 0 Å². The van der Waals surface area contributed by atoms with Crippen molar-refractivity contribution in [2.75, 3.05) is 0 Å². The number of phenolic OH excluding ortho intramolecular Hbond substituents is 4. The lowest BCUT2D eigenvalue weighted by molar-refractivity contribution is 0.103. The normalized spacial score (nSPS) is 10.4. The first-order valence-corrected chi connectivity index (χ1v) is 5.49. The first-order chi connectivity index (χ1) is 8.90. The van der Waals surface area contributed by atoms with Crippen molar-refractivity contribution in [3.05, 3.63) is 47.0 Å². The summed E-state index contributed by atoms with van der Waals surface area (Å²) in [6.07, 6.45) is 0. The van der Waals surface area contributed by atoms with Crippen molar-refractivity contribution in [1.29, 1.82) is 0 Å². The number of carbonyl (C=O) groups is 1. The van der Waals surface area contributed by atoms with Gasteiger partial charge in [0, 0.05) is 11.1 Å². The van der Waals surface area contributed by atoms with E-state index in [4.69, 9.17) is 0 Å². The molecule has 98 valence electrons. The van der Waals surface area contributed by atoms with Crippen LogP contribution in [0.3, 0.4) is 0 Å². The van der Waals surface area contributed by atoms with Gasteiger partial charge in [-0.1, -0.05) is 6.07 Å². The quantitative estimate of drug-likeness (QED) is 0.489. The second-order valence-corrected chi connectivity index (χ2v) is 4.19. The highest BCUT2D eigenvalue weighted by molar-refractivity contribution is 6.10. The number of hydrogen-bond acceptors (Lipinski definition) is 5. The molecule has 2 aromatic rings. The second-order valence-electron chi connectivity index (χ2n) is 4.19. The fourth-order valence-corrected chi connectivity index (χ4v) is 1.75. The molecule has 0 saturated carbocycles. The van der Waals surface area contributed by atoms with Crippen LogP contribution in [0.2, 0.25) is 0 Å². The standard InChI is InChI=1S/C14H12O5/c1-7-2-3-9(15)6-10(7)13(18)8-4-11(16)14(19)12(17)5-8/h2-6,15-17,19H,1H3. The van der Waals surface area contributed by atoms with Gasteiger partial charge in [0.15, 0.2) is 23.0 Å². The summed E-state index contributed by atoms with van der Waals surface area (Å²) >= 11 is 0. The number of aryl methyl sites for hydroxylation is 1. The SMILES string of the molecule is Cc1ccc(O)cc1C(=O)c1cc(O)c(O)c(O)c1. The Kier molecular flexibility index (Phi) is 3.04. The summed E-state index contributed by atoms with van der Waals surface area (Å²) in [5.74, 6) is -2.37. The van der Waals surface area contributed by atoms with Crippen molar-refractivity contribution in [3.8, 4) is 23.0 Å². The lowest BCUT2D eigenvalue weighted by Gasteiger charge is -2.08. The monoisotopic (exact) mass is 260 g/mol. The van der Waals surface area contributed by atoms with E-state index in [0.717, 1.165) is 12.1 Å². The van der Waals surface area contributed by atoms with Gasteiger partial charge >= 0.3 is 0 Å². The van der Waals surface area contributed by atoms with Gasteiger partial charge in [-0.3, -0.25) is 4.79 Å². The topological polar surface area (TPSA) is 98.0 Å². The Bertz CT molecular complexity index is 638. The maximum atomic E-state index is 12.2. The number of hydrogen-bond donors (Lipinski definition) is 4. The lowest BCUT2D eigenvalue weighted by atomic mass is 9.98. The van der Waals surface area contributed by atoms with Crippen molar-refractivity contribution < 1.29 is 25.2 Å². The van der Waals surface area contributed by atoms with Crippen LogP contribution in [0.5, 0.6) is 23.0 Å². The molecule has 0 fully saturated rings. The highest BCUT2D eigenvalue weighted by Crippen LogP contribution is 2.36. The molecule has 0 unspecified atom stereocenters. The van der Waals surface area contributed by atoms with Gasteiger partial charge < -0.3 is 20.4 Å². The van der Waals surface area contributed by atoms with E-state index in [1.807, 2.05) is 0 Å². The average Bonchev–Trinajstić information content (AvgIpc) is 2.37. The number of rotatable bonds is 2. The molecular formula is C14H12O5. The van der Waals surface area contributed by atoms with Crippen LogP contribution < -0.4 is 0 Å². The number of carbonyl (C=O) groups excluding carboxylic acids is 1. The zero-order valence-electron chi connectivity index (χ0n) is 10.1. The maximum Gasteiger partial charge on any atom is 0.200 e. The summed E-state index contributed by atoms with van der Waals surface area (Å²) in [5, 5.41) is 37.4. The Balaban J connectivity index is 2.53. The highest BCUT2D eigenvalue weighted by Gasteiger charge is 2.17. The molecule has 0 aliphatic carbocycles. The van der Waals surface area contributed by atoms with E-state index in [2.05, 4.69) is 0 Å². The van der Waals surface area contributed by atoms with Crippen LogP contribution in [0.25, 0.3) is 0 Å². The third-order valence-electron chi connectivity index (χ3n) is 2.80. The summed E-state index contributed by atoms with van der Waals surface area (Å²) < 4.78 is 0. The zero-order chi connectivity index (χ0) is 14.2. The Morgan fingerprint density at radius 3 is 2.11 bits per heavy atom. The summed E-state index contributed by atoms with van der Waals surface area (Å²) in [6, 6.07) is 6.46. The molecule has 0 radical (unpaired) electrons. The van der Waals surface area contributed by atoms with Gasteiger partial charge in [0.2, 0.25) is 0 Å². The minimum Gasteiger partial charge on any atom is -0.508 e. The van der Waals surface area contributed by atoms with Crippen LogP contribution in [0.1, 0.15) is 21.5 Å². The van der Waals surface area contributed by atoms with Gasteiger partial charge in [-0.2, -0.15) is 0 Å². The van der Waals surface area contributed by atoms with Crippen LogP contribution in [-0.2, 0) is 0 Å². The number of ketones is 1. The molecule has 4 N–H and O–H groups in total. The molecule has 0 heterocycles. The molecule has 0 amide bonds. The van der Waals surface area contributed by atoms with Crippen LogP contribution in [0.4, 0.5) is 0 Å². The minimum atomic E-state index is -0.677. The van der Waals surface area contributed by atoms with E-state index in [0.29, 0.717) is 5.56 Å². The van der Waals surface area contributed by atoms with Gasteiger partial charge in [0.05, 0.1) is 0 Å². The first kappa shape index (κ1) is 12.8. The van der Waals surface area contributed by atoms with Crippen molar-refractivity contribution in [1.82, 2.24) is 0 Å². The van der Waals surface area contributed by atoms with Crippen molar-refractivity contribution in [3.63, 3.8) is 0 Å². The van der Waals surface area contributed by atoms with Crippen molar-refractivity contribution >= 4 is 5.78 Å². The summed E-state index contributed by atoms with van der Waals surface area (Å²) in [4.78, 5) is 12.2. The van der Waals surface area contributed by atoms with E-state index in [-0.39, 0.29) is 16.9 Å². The number of benzene rings is 2. The molecule has 0 aliphatic rings. The van der Waals surface area contributed by atoms with E-state index < -0.39 is 23.0 Å². The van der Waals surface area contributed by atoms with Gasteiger partial charge in [0.1, 0.15) is 5.75 Å². The van der Waals surface area contributed by atoms with E-state index >= 15 is 0 Å². The molecule has 2 aromatic carbocycles. The van der Waals surface area contributed by atoms with Gasteiger partial charge in [-0.05, 0) is 36.8 Å². The fraction of sp³-hybridized carbons (Fsp3) is 0.0714. The molecule has 2 rings (SSSR count). The largest absolute Gasteiger partial charge is 0.508 e.